The van der Waals surface area contributed by atoms with Crippen molar-refractivity contribution in [3.63, 3.8) is 0 Å². The van der Waals surface area contributed by atoms with Gasteiger partial charge >= 0.3 is 0 Å². The topological polar surface area (TPSA) is 62.8 Å². The molecule has 1 aromatic rings. The van der Waals surface area contributed by atoms with E-state index in [2.05, 4.69) is 0 Å². The van der Waals surface area contributed by atoms with Crippen LogP contribution >= 0.6 is 0 Å². The summed E-state index contributed by atoms with van der Waals surface area (Å²) >= 11 is 0. The fourth-order valence-electron chi connectivity index (χ4n) is 1.70. The summed E-state index contributed by atoms with van der Waals surface area (Å²) in [5.74, 6) is 1.54. The van der Waals surface area contributed by atoms with Crippen molar-refractivity contribution < 1.29 is 19.4 Å². The lowest BCUT2D eigenvalue weighted by Gasteiger charge is -2.09. The second kappa shape index (κ2) is 3.73. The molecule has 2 rings (SSSR count). The monoisotopic (exact) mass is 198 g/mol. The molecule has 3 atom stereocenters. The maximum Gasteiger partial charge on any atom is 0.133 e. The van der Waals surface area contributed by atoms with Gasteiger partial charge in [0.1, 0.15) is 23.7 Å². The SMILES string of the molecule is Cc1ccc([C@H]2C[C@H](O)[C@@H](CO)O2)o1. The molecule has 0 aromatic carbocycles. The molecule has 4 nitrogen and oxygen atoms in total. The Morgan fingerprint density at radius 1 is 1.50 bits per heavy atom. The first-order valence-electron chi connectivity index (χ1n) is 4.71. The molecule has 1 aromatic heterocycles. The van der Waals surface area contributed by atoms with Crippen LogP contribution in [-0.2, 0) is 4.74 Å². The predicted octanol–water partition coefficient (Wildman–Crippen LogP) is 0.771. The standard InChI is InChI=1S/C10H14O4/c1-6-2-3-8(13-6)9-4-7(12)10(5-11)14-9/h2-3,7,9-12H,4-5H2,1H3/t7-,9+,10+/m0/s1. The number of aliphatic hydroxyl groups is 2. The number of ether oxygens (including phenoxy) is 1. The van der Waals surface area contributed by atoms with Gasteiger partial charge in [-0.1, -0.05) is 0 Å². The highest BCUT2D eigenvalue weighted by Crippen LogP contribution is 2.33. The van der Waals surface area contributed by atoms with Gasteiger partial charge in [-0.05, 0) is 19.1 Å². The number of aryl methyl sites for hydroxylation is 1. The summed E-state index contributed by atoms with van der Waals surface area (Å²) in [6.45, 7) is 1.70. The predicted molar refractivity (Wildman–Crippen MR) is 48.8 cm³/mol. The van der Waals surface area contributed by atoms with Crippen LogP contribution in [0.4, 0.5) is 0 Å². The third kappa shape index (κ3) is 1.68. The third-order valence-corrected chi connectivity index (χ3v) is 2.48. The molecule has 0 spiro atoms. The van der Waals surface area contributed by atoms with Crippen molar-refractivity contribution in [2.75, 3.05) is 6.61 Å². The van der Waals surface area contributed by atoms with Crippen LogP contribution in [0.15, 0.2) is 16.5 Å². The summed E-state index contributed by atoms with van der Waals surface area (Å²) in [7, 11) is 0. The van der Waals surface area contributed by atoms with E-state index in [0.717, 1.165) is 11.5 Å². The molecular formula is C10H14O4. The van der Waals surface area contributed by atoms with Crippen LogP contribution < -0.4 is 0 Å². The van der Waals surface area contributed by atoms with Gasteiger partial charge in [-0.15, -0.1) is 0 Å². The second-order valence-corrected chi connectivity index (χ2v) is 3.60. The molecule has 1 aliphatic rings. The maximum atomic E-state index is 9.50. The Bertz CT molecular complexity index is 307. The highest BCUT2D eigenvalue weighted by atomic mass is 16.5. The Hall–Kier alpha value is -0.840. The minimum Gasteiger partial charge on any atom is -0.464 e. The highest BCUT2D eigenvalue weighted by molar-refractivity contribution is 5.10. The van der Waals surface area contributed by atoms with Gasteiger partial charge in [-0.25, -0.2) is 0 Å². The fourth-order valence-corrected chi connectivity index (χ4v) is 1.70. The molecule has 0 aliphatic carbocycles. The minimum atomic E-state index is -0.601. The van der Waals surface area contributed by atoms with Crippen molar-refractivity contribution in [3.8, 4) is 0 Å². The lowest BCUT2D eigenvalue weighted by atomic mass is 10.1. The van der Waals surface area contributed by atoms with Gasteiger partial charge in [0.15, 0.2) is 0 Å². The van der Waals surface area contributed by atoms with E-state index in [1.165, 1.54) is 0 Å². The lowest BCUT2D eigenvalue weighted by Crippen LogP contribution is -2.24. The zero-order valence-electron chi connectivity index (χ0n) is 8.01. The van der Waals surface area contributed by atoms with E-state index in [4.69, 9.17) is 14.3 Å². The maximum absolute atomic E-state index is 9.50. The van der Waals surface area contributed by atoms with Gasteiger partial charge in [-0.2, -0.15) is 0 Å². The van der Waals surface area contributed by atoms with E-state index >= 15 is 0 Å². The normalized spacial score (nSPS) is 32.4. The van der Waals surface area contributed by atoms with Gasteiger partial charge in [0.2, 0.25) is 0 Å². The second-order valence-electron chi connectivity index (χ2n) is 3.60. The molecule has 14 heavy (non-hydrogen) atoms. The van der Waals surface area contributed by atoms with Gasteiger partial charge in [-0.3, -0.25) is 0 Å². The average molecular weight is 198 g/mol. The molecule has 0 radical (unpaired) electrons. The molecule has 1 aliphatic heterocycles. The van der Waals surface area contributed by atoms with Crippen molar-refractivity contribution in [2.45, 2.75) is 31.7 Å². The zero-order valence-corrected chi connectivity index (χ0v) is 8.01. The smallest absolute Gasteiger partial charge is 0.133 e. The molecule has 4 heteroatoms. The molecule has 0 saturated carbocycles. The fraction of sp³-hybridized carbons (Fsp3) is 0.600. The van der Waals surface area contributed by atoms with Crippen molar-refractivity contribution in [1.29, 1.82) is 0 Å². The van der Waals surface area contributed by atoms with E-state index in [0.29, 0.717) is 6.42 Å². The van der Waals surface area contributed by atoms with Gasteiger partial charge < -0.3 is 19.4 Å². The van der Waals surface area contributed by atoms with Crippen molar-refractivity contribution in [3.05, 3.63) is 23.7 Å². The summed E-state index contributed by atoms with van der Waals surface area (Å²) in [4.78, 5) is 0. The Labute approximate surface area is 82.1 Å². The number of aliphatic hydroxyl groups excluding tert-OH is 2. The largest absolute Gasteiger partial charge is 0.464 e. The third-order valence-electron chi connectivity index (χ3n) is 2.48. The van der Waals surface area contributed by atoms with Crippen molar-refractivity contribution in [1.82, 2.24) is 0 Å². The van der Waals surface area contributed by atoms with E-state index in [9.17, 15) is 5.11 Å². The molecule has 2 N–H and O–H groups in total. The summed E-state index contributed by atoms with van der Waals surface area (Å²) in [6, 6.07) is 3.70. The van der Waals surface area contributed by atoms with Crippen LogP contribution in [0.2, 0.25) is 0 Å². The van der Waals surface area contributed by atoms with E-state index in [-0.39, 0.29) is 12.7 Å². The van der Waals surface area contributed by atoms with Gasteiger partial charge in [0.25, 0.3) is 0 Å². The van der Waals surface area contributed by atoms with Crippen molar-refractivity contribution in [2.24, 2.45) is 0 Å². The van der Waals surface area contributed by atoms with E-state index in [1.807, 2.05) is 19.1 Å². The minimum absolute atomic E-state index is 0.155. The van der Waals surface area contributed by atoms with Crippen LogP contribution in [0, 0.1) is 6.92 Å². The first-order valence-corrected chi connectivity index (χ1v) is 4.71. The number of hydrogen-bond donors (Lipinski definition) is 2. The zero-order chi connectivity index (χ0) is 10.1. The number of furan rings is 1. The first kappa shape index (κ1) is 9.71. The molecule has 0 bridgehead atoms. The van der Waals surface area contributed by atoms with Crippen LogP contribution in [0.25, 0.3) is 0 Å². The summed E-state index contributed by atoms with van der Waals surface area (Å²) < 4.78 is 10.8. The van der Waals surface area contributed by atoms with Crippen LogP contribution in [0.3, 0.4) is 0 Å². The van der Waals surface area contributed by atoms with Crippen LogP contribution in [0.1, 0.15) is 24.0 Å². The Balaban J connectivity index is 2.08. The molecular weight excluding hydrogens is 184 g/mol. The molecule has 0 amide bonds. The molecule has 1 saturated heterocycles. The number of hydrogen-bond acceptors (Lipinski definition) is 4. The average Bonchev–Trinajstić information content (AvgIpc) is 2.71. The van der Waals surface area contributed by atoms with Crippen LogP contribution in [-0.4, -0.2) is 29.0 Å². The quantitative estimate of drug-likeness (QED) is 0.736. The van der Waals surface area contributed by atoms with Crippen LogP contribution in [0.5, 0.6) is 0 Å². The Morgan fingerprint density at radius 2 is 2.29 bits per heavy atom. The van der Waals surface area contributed by atoms with Gasteiger partial charge in [0.05, 0.1) is 12.7 Å². The van der Waals surface area contributed by atoms with Crippen molar-refractivity contribution >= 4 is 0 Å². The molecule has 2 heterocycles. The highest BCUT2D eigenvalue weighted by Gasteiger charge is 2.35. The number of rotatable bonds is 2. The van der Waals surface area contributed by atoms with Gasteiger partial charge in [0, 0.05) is 6.42 Å². The lowest BCUT2D eigenvalue weighted by molar-refractivity contribution is -0.0278. The first-order chi connectivity index (χ1) is 6.70. The molecule has 78 valence electrons. The summed E-state index contributed by atoms with van der Waals surface area (Å²) in [6.07, 6.45) is -0.824. The Kier molecular flexibility index (Phi) is 2.58. The molecule has 1 fully saturated rings. The summed E-state index contributed by atoms with van der Waals surface area (Å²) in [5, 5.41) is 18.4. The van der Waals surface area contributed by atoms with E-state index < -0.39 is 12.2 Å². The summed E-state index contributed by atoms with van der Waals surface area (Å²) in [5.41, 5.74) is 0. The van der Waals surface area contributed by atoms with E-state index in [1.54, 1.807) is 0 Å². The molecule has 0 unspecified atom stereocenters. The Morgan fingerprint density at radius 3 is 2.79 bits per heavy atom.